The van der Waals surface area contributed by atoms with Crippen LogP contribution in [0, 0.1) is 10.1 Å². The molecule has 0 saturated carbocycles. The second-order valence-corrected chi connectivity index (χ2v) is 8.11. The highest BCUT2D eigenvalue weighted by atomic mass is 35.5. The monoisotopic (exact) mass is 495 g/mol. The number of benzene rings is 3. The fraction of sp³-hybridized carbons (Fsp3) is 0.167. The average molecular weight is 496 g/mol. The molecule has 4 rings (SSSR count). The van der Waals surface area contributed by atoms with Crippen LogP contribution in [0.2, 0.25) is 5.02 Å². The number of nitro benzene ring substituents is 1. The maximum atomic E-state index is 12.9. The largest absolute Gasteiger partial charge is 0.456 e. The molecule has 10 nitrogen and oxygen atoms in total. The maximum Gasteiger partial charge on any atom is 0.306 e. The molecule has 0 fully saturated rings. The third kappa shape index (κ3) is 4.97. The van der Waals surface area contributed by atoms with Gasteiger partial charge in [-0.15, -0.1) is 0 Å². The number of nitrogens with zero attached hydrogens (tertiary/aromatic N) is 2. The maximum absolute atomic E-state index is 12.9. The quantitative estimate of drug-likeness (QED) is 0.216. The number of carbonyl (C=O) groups is 4. The molecule has 1 aliphatic heterocycles. The van der Waals surface area contributed by atoms with Crippen molar-refractivity contribution in [3.8, 4) is 0 Å². The van der Waals surface area contributed by atoms with Crippen LogP contribution in [0.1, 0.15) is 33.6 Å². The molecule has 3 aromatic rings. The zero-order valence-corrected chi connectivity index (χ0v) is 18.9. The fourth-order valence-electron chi connectivity index (χ4n) is 3.81. The van der Waals surface area contributed by atoms with Gasteiger partial charge in [-0.1, -0.05) is 35.9 Å². The van der Waals surface area contributed by atoms with E-state index in [1.54, 1.807) is 24.3 Å². The van der Waals surface area contributed by atoms with Gasteiger partial charge in [-0.05, 0) is 36.1 Å². The summed E-state index contributed by atoms with van der Waals surface area (Å²) in [5.74, 6) is -2.24. The lowest BCUT2D eigenvalue weighted by atomic mass is 9.94. The molecule has 0 saturated heterocycles. The summed E-state index contributed by atoms with van der Waals surface area (Å²) in [7, 11) is 0. The van der Waals surface area contributed by atoms with E-state index in [9.17, 15) is 29.3 Å². The van der Waals surface area contributed by atoms with Crippen molar-refractivity contribution >= 4 is 57.4 Å². The molecule has 11 heteroatoms. The van der Waals surface area contributed by atoms with Gasteiger partial charge in [0.15, 0.2) is 6.61 Å². The van der Waals surface area contributed by atoms with E-state index >= 15 is 0 Å². The molecule has 0 aromatic heterocycles. The van der Waals surface area contributed by atoms with Crippen LogP contribution in [0.25, 0.3) is 10.8 Å². The van der Waals surface area contributed by atoms with Gasteiger partial charge in [0.2, 0.25) is 0 Å². The van der Waals surface area contributed by atoms with Crippen LogP contribution >= 0.6 is 11.6 Å². The van der Waals surface area contributed by atoms with E-state index in [0.29, 0.717) is 16.5 Å². The Morgan fingerprint density at radius 1 is 1.03 bits per heavy atom. The molecule has 0 atom stereocenters. The molecule has 178 valence electrons. The van der Waals surface area contributed by atoms with Gasteiger partial charge in [-0.3, -0.25) is 34.2 Å². The van der Waals surface area contributed by atoms with Gasteiger partial charge in [0, 0.05) is 41.2 Å². The Kier molecular flexibility index (Phi) is 6.74. The van der Waals surface area contributed by atoms with Crippen molar-refractivity contribution in [2.75, 3.05) is 18.5 Å². The summed E-state index contributed by atoms with van der Waals surface area (Å²) >= 11 is 5.73. The first-order valence-corrected chi connectivity index (χ1v) is 10.9. The minimum absolute atomic E-state index is 0.0120. The van der Waals surface area contributed by atoms with E-state index < -0.39 is 35.2 Å². The zero-order chi connectivity index (χ0) is 25.1. The Hall–Kier alpha value is -4.31. The Labute approximate surface area is 203 Å². The van der Waals surface area contributed by atoms with Crippen molar-refractivity contribution in [1.29, 1.82) is 0 Å². The van der Waals surface area contributed by atoms with Crippen LogP contribution in [-0.2, 0) is 14.3 Å². The summed E-state index contributed by atoms with van der Waals surface area (Å²) in [4.78, 5) is 61.1. The smallest absolute Gasteiger partial charge is 0.306 e. The van der Waals surface area contributed by atoms with E-state index in [4.69, 9.17) is 16.3 Å². The Morgan fingerprint density at radius 2 is 1.69 bits per heavy atom. The highest BCUT2D eigenvalue weighted by Crippen LogP contribution is 2.30. The number of halogens is 1. The SMILES string of the molecule is O=C(COC(=O)CCCN1C(=O)c2cccc3cccc(c23)C1=O)Nc1ccc(Cl)c([N+](=O)[O-])c1. The van der Waals surface area contributed by atoms with Gasteiger partial charge in [0.25, 0.3) is 23.4 Å². The molecular formula is C24H18ClN3O7. The summed E-state index contributed by atoms with van der Waals surface area (Å²) < 4.78 is 4.92. The number of nitrogens with one attached hydrogen (secondary N) is 1. The highest BCUT2D eigenvalue weighted by Gasteiger charge is 2.32. The standard InChI is InChI=1S/C24H18ClN3O7/c25-18-10-9-15(12-19(18)28(33)34)26-20(29)13-35-21(30)8-3-11-27-23(31)16-6-1-4-14-5-2-7-17(22(14)16)24(27)32/h1-2,4-7,9-10,12H,3,8,11,13H2,(H,26,29). The van der Waals surface area contributed by atoms with Crippen molar-refractivity contribution < 1.29 is 28.8 Å². The topological polar surface area (TPSA) is 136 Å². The summed E-state index contributed by atoms with van der Waals surface area (Å²) in [6.45, 7) is -0.593. The predicted molar refractivity (Wildman–Crippen MR) is 126 cm³/mol. The van der Waals surface area contributed by atoms with E-state index in [-0.39, 0.29) is 35.8 Å². The molecule has 1 aliphatic rings. The molecular weight excluding hydrogens is 478 g/mol. The van der Waals surface area contributed by atoms with Gasteiger partial charge in [-0.2, -0.15) is 0 Å². The Morgan fingerprint density at radius 3 is 2.31 bits per heavy atom. The molecule has 1 heterocycles. The second-order valence-electron chi connectivity index (χ2n) is 7.71. The molecule has 3 aromatic carbocycles. The van der Waals surface area contributed by atoms with Gasteiger partial charge >= 0.3 is 5.97 Å². The van der Waals surface area contributed by atoms with Crippen LogP contribution < -0.4 is 5.32 Å². The van der Waals surface area contributed by atoms with Crippen LogP contribution in [0.4, 0.5) is 11.4 Å². The van der Waals surface area contributed by atoms with Gasteiger partial charge < -0.3 is 10.1 Å². The van der Waals surface area contributed by atoms with Crippen molar-refractivity contribution in [3.63, 3.8) is 0 Å². The lowest BCUT2D eigenvalue weighted by Gasteiger charge is -2.27. The third-order valence-electron chi connectivity index (χ3n) is 5.41. The van der Waals surface area contributed by atoms with E-state index in [1.165, 1.54) is 12.1 Å². The third-order valence-corrected chi connectivity index (χ3v) is 5.73. The fourth-order valence-corrected chi connectivity index (χ4v) is 4.00. The number of hydrogen-bond acceptors (Lipinski definition) is 7. The van der Waals surface area contributed by atoms with E-state index in [0.717, 1.165) is 16.4 Å². The molecule has 0 spiro atoms. The molecule has 0 unspecified atom stereocenters. The first-order chi connectivity index (χ1) is 16.8. The van der Waals surface area contributed by atoms with E-state index in [1.807, 2.05) is 12.1 Å². The highest BCUT2D eigenvalue weighted by molar-refractivity contribution is 6.32. The number of esters is 1. The van der Waals surface area contributed by atoms with Crippen molar-refractivity contribution in [1.82, 2.24) is 4.90 Å². The van der Waals surface area contributed by atoms with Crippen LogP contribution in [-0.4, -0.2) is 46.7 Å². The average Bonchev–Trinajstić information content (AvgIpc) is 2.84. The normalized spacial score (nSPS) is 12.5. The number of hydrogen-bond donors (Lipinski definition) is 1. The van der Waals surface area contributed by atoms with Crippen LogP contribution in [0.3, 0.4) is 0 Å². The Bertz CT molecular complexity index is 1340. The minimum atomic E-state index is -0.693. The molecule has 3 amide bonds. The summed E-state index contributed by atoms with van der Waals surface area (Å²) in [5.41, 5.74) is 0.612. The molecule has 0 aliphatic carbocycles. The lowest BCUT2D eigenvalue weighted by Crippen LogP contribution is -2.41. The van der Waals surface area contributed by atoms with Crippen LogP contribution in [0.15, 0.2) is 54.6 Å². The predicted octanol–water partition coefficient (Wildman–Crippen LogP) is 3.96. The second kappa shape index (κ2) is 9.90. The lowest BCUT2D eigenvalue weighted by molar-refractivity contribution is -0.384. The number of rotatable bonds is 8. The number of ether oxygens (including phenoxy) is 1. The van der Waals surface area contributed by atoms with Crippen molar-refractivity contribution in [2.24, 2.45) is 0 Å². The number of imide groups is 1. The van der Waals surface area contributed by atoms with Gasteiger partial charge in [0.1, 0.15) is 5.02 Å². The summed E-state index contributed by atoms with van der Waals surface area (Å²) in [5, 5.41) is 14.7. The molecule has 1 N–H and O–H groups in total. The van der Waals surface area contributed by atoms with Crippen molar-refractivity contribution in [3.05, 3.63) is 80.9 Å². The van der Waals surface area contributed by atoms with E-state index in [2.05, 4.69) is 5.32 Å². The summed E-state index contributed by atoms with van der Waals surface area (Å²) in [6.07, 6.45) is 0.0298. The first kappa shape index (κ1) is 23.8. The number of carbonyl (C=O) groups excluding carboxylic acids is 4. The summed E-state index contributed by atoms with van der Waals surface area (Å²) in [6, 6.07) is 14.2. The molecule has 35 heavy (non-hydrogen) atoms. The zero-order valence-electron chi connectivity index (χ0n) is 18.2. The number of amides is 3. The minimum Gasteiger partial charge on any atom is -0.456 e. The molecule has 0 bridgehead atoms. The number of anilines is 1. The van der Waals surface area contributed by atoms with Crippen LogP contribution in [0.5, 0.6) is 0 Å². The van der Waals surface area contributed by atoms with Crippen molar-refractivity contribution in [2.45, 2.75) is 12.8 Å². The van der Waals surface area contributed by atoms with Gasteiger partial charge in [-0.25, -0.2) is 0 Å². The Balaban J connectivity index is 1.28. The van der Waals surface area contributed by atoms with Gasteiger partial charge in [0.05, 0.1) is 4.92 Å². The number of nitro groups is 1. The molecule has 0 radical (unpaired) electrons. The first-order valence-electron chi connectivity index (χ1n) is 10.5.